The summed E-state index contributed by atoms with van der Waals surface area (Å²) in [5.41, 5.74) is 0.917. The lowest BCUT2D eigenvalue weighted by atomic mass is 10.1. The first-order chi connectivity index (χ1) is 13.9. The lowest BCUT2D eigenvalue weighted by Crippen LogP contribution is -2.31. The first-order valence-electron chi connectivity index (χ1n) is 9.58. The van der Waals surface area contributed by atoms with Crippen molar-refractivity contribution in [1.29, 1.82) is 0 Å². The van der Waals surface area contributed by atoms with E-state index in [0.717, 1.165) is 12.8 Å². The van der Waals surface area contributed by atoms with Crippen LogP contribution in [-0.2, 0) is 16.6 Å². The highest BCUT2D eigenvalue weighted by Crippen LogP contribution is 2.30. The van der Waals surface area contributed by atoms with Crippen molar-refractivity contribution in [3.63, 3.8) is 0 Å². The number of nitrogens with zero attached hydrogens (tertiary/aromatic N) is 2. The van der Waals surface area contributed by atoms with Crippen molar-refractivity contribution in [2.45, 2.75) is 31.2 Å². The predicted octanol–water partition coefficient (Wildman–Crippen LogP) is 3.28. The van der Waals surface area contributed by atoms with Gasteiger partial charge in [0.05, 0.1) is 7.11 Å². The normalized spacial score (nSPS) is 14.7. The molecular weight excluding hydrogens is 395 g/mol. The molecule has 1 aliphatic rings. The summed E-state index contributed by atoms with van der Waals surface area (Å²) in [6.07, 6.45) is 1.63. The molecule has 1 heterocycles. The molecule has 0 atom stereocenters. The number of rotatable bonds is 7. The Morgan fingerprint density at radius 3 is 2.52 bits per heavy atom. The SMILES string of the molecule is CCN(Cc1cccc(F)c1)C(=O)c1ccc(OC)c(S(=O)(=O)N2CCCC2)c1. The molecule has 8 heteroatoms. The molecular formula is C21H25FN2O4S. The first-order valence-corrected chi connectivity index (χ1v) is 11.0. The van der Waals surface area contributed by atoms with Gasteiger partial charge in [-0.1, -0.05) is 12.1 Å². The Balaban J connectivity index is 1.92. The summed E-state index contributed by atoms with van der Waals surface area (Å²) in [6, 6.07) is 10.5. The van der Waals surface area contributed by atoms with E-state index in [2.05, 4.69) is 0 Å². The summed E-state index contributed by atoms with van der Waals surface area (Å²) in [5.74, 6) is -0.478. The van der Waals surface area contributed by atoms with Gasteiger partial charge in [-0.15, -0.1) is 0 Å². The van der Waals surface area contributed by atoms with Crippen molar-refractivity contribution in [1.82, 2.24) is 9.21 Å². The second kappa shape index (κ2) is 8.92. The summed E-state index contributed by atoms with van der Waals surface area (Å²) in [4.78, 5) is 14.6. The summed E-state index contributed by atoms with van der Waals surface area (Å²) in [6.45, 7) is 3.38. The molecule has 0 unspecified atom stereocenters. The van der Waals surface area contributed by atoms with Crippen LogP contribution in [0.15, 0.2) is 47.4 Å². The first kappa shape index (κ1) is 21.3. The van der Waals surface area contributed by atoms with E-state index in [1.165, 1.54) is 35.7 Å². The van der Waals surface area contributed by atoms with Crippen LogP contribution in [0.3, 0.4) is 0 Å². The summed E-state index contributed by atoms with van der Waals surface area (Å²) >= 11 is 0. The Labute approximate surface area is 170 Å². The van der Waals surface area contributed by atoms with Crippen molar-refractivity contribution in [2.75, 3.05) is 26.7 Å². The molecule has 1 amide bonds. The molecule has 0 spiro atoms. The van der Waals surface area contributed by atoms with Crippen LogP contribution in [0.2, 0.25) is 0 Å². The zero-order valence-corrected chi connectivity index (χ0v) is 17.4. The third-order valence-electron chi connectivity index (χ3n) is 5.02. The Kier molecular flexibility index (Phi) is 6.54. The van der Waals surface area contributed by atoms with Crippen LogP contribution in [0.25, 0.3) is 0 Å². The van der Waals surface area contributed by atoms with Gasteiger partial charge in [0.25, 0.3) is 5.91 Å². The second-order valence-corrected chi connectivity index (χ2v) is 8.83. The van der Waals surface area contributed by atoms with Crippen molar-refractivity contribution < 1.29 is 22.3 Å². The molecule has 0 aliphatic carbocycles. The summed E-state index contributed by atoms with van der Waals surface area (Å²) in [7, 11) is -2.34. The quantitative estimate of drug-likeness (QED) is 0.690. The van der Waals surface area contributed by atoms with Gasteiger partial charge >= 0.3 is 0 Å². The van der Waals surface area contributed by atoms with Gasteiger partial charge in [0, 0.05) is 31.7 Å². The number of ether oxygens (including phenoxy) is 1. The zero-order valence-electron chi connectivity index (χ0n) is 16.6. The lowest BCUT2D eigenvalue weighted by Gasteiger charge is -2.22. The maximum atomic E-state index is 13.5. The highest BCUT2D eigenvalue weighted by atomic mass is 32.2. The van der Waals surface area contributed by atoms with Gasteiger partial charge in [0.2, 0.25) is 10.0 Å². The molecule has 2 aromatic rings. The predicted molar refractivity (Wildman–Crippen MR) is 108 cm³/mol. The van der Waals surface area contributed by atoms with Crippen molar-refractivity contribution >= 4 is 15.9 Å². The van der Waals surface area contributed by atoms with Gasteiger partial charge in [0.15, 0.2) is 0 Å². The van der Waals surface area contributed by atoms with Gasteiger partial charge in [-0.05, 0) is 55.7 Å². The van der Waals surface area contributed by atoms with E-state index in [1.807, 2.05) is 6.92 Å². The van der Waals surface area contributed by atoms with Crippen molar-refractivity contribution in [3.8, 4) is 5.75 Å². The summed E-state index contributed by atoms with van der Waals surface area (Å²) in [5, 5.41) is 0. The van der Waals surface area contributed by atoms with Crippen LogP contribution in [0, 0.1) is 5.82 Å². The van der Waals surface area contributed by atoms with E-state index in [-0.39, 0.29) is 34.5 Å². The molecule has 1 saturated heterocycles. The topological polar surface area (TPSA) is 66.9 Å². The van der Waals surface area contributed by atoms with Crippen LogP contribution in [0.5, 0.6) is 5.75 Å². The number of carbonyl (C=O) groups excluding carboxylic acids is 1. The minimum absolute atomic E-state index is 0.00504. The van der Waals surface area contributed by atoms with Crippen molar-refractivity contribution in [3.05, 3.63) is 59.4 Å². The second-order valence-electron chi connectivity index (χ2n) is 6.93. The number of hydrogen-bond acceptors (Lipinski definition) is 4. The molecule has 0 bridgehead atoms. The number of benzene rings is 2. The molecule has 2 aromatic carbocycles. The van der Waals surface area contributed by atoms with E-state index in [1.54, 1.807) is 23.1 Å². The van der Waals surface area contributed by atoms with Crippen LogP contribution in [0.1, 0.15) is 35.7 Å². The average molecular weight is 421 g/mol. The molecule has 156 valence electrons. The van der Waals surface area contributed by atoms with E-state index >= 15 is 0 Å². The number of methoxy groups -OCH3 is 1. The van der Waals surface area contributed by atoms with E-state index < -0.39 is 10.0 Å². The Morgan fingerprint density at radius 1 is 1.17 bits per heavy atom. The zero-order chi connectivity index (χ0) is 21.0. The molecule has 29 heavy (non-hydrogen) atoms. The fraction of sp³-hybridized carbons (Fsp3) is 0.381. The number of amides is 1. The monoisotopic (exact) mass is 420 g/mol. The molecule has 0 aromatic heterocycles. The molecule has 1 fully saturated rings. The third kappa shape index (κ3) is 4.59. The molecule has 0 N–H and O–H groups in total. The van der Waals surface area contributed by atoms with Crippen LogP contribution in [-0.4, -0.2) is 50.3 Å². The maximum absolute atomic E-state index is 13.5. The van der Waals surface area contributed by atoms with Crippen LogP contribution < -0.4 is 4.74 Å². The molecule has 1 aliphatic heterocycles. The number of halogens is 1. The van der Waals surface area contributed by atoms with Crippen molar-refractivity contribution in [2.24, 2.45) is 0 Å². The highest BCUT2D eigenvalue weighted by Gasteiger charge is 2.31. The lowest BCUT2D eigenvalue weighted by molar-refractivity contribution is 0.0752. The smallest absolute Gasteiger partial charge is 0.254 e. The Bertz CT molecular complexity index is 988. The number of sulfonamides is 1. The van der Waals surface area contributed by atoms with E-state index in [4.69, 9.17) is 4.74 Å². The minimum atomic E-state index is -3.75. The maximum Gasteiger partial charge on any atom is 0.254 e. The molecule has 6 nitrogen and oxygen atoms in total. The Morgan fingerprint density at radius 2 is 1.90 bits per heavy atom. The van der Waals surface area contributed by atoms with Gasteiger partial charge in [-0.3, -0.25) is 4.79 Å². The molecule has 0 saturated carbocycles. The Hall–Kier alpha value is -2.45. The summed E-state index contributed by atoms with van der Waals surface area (Å²) < 4.78 is 46.2. The average Bonchev–Trinajstić information content (AvgIpc) is 3.27. The van der Waals surface area contributed by atoms with Gasteiger partial charge in [-0.2, -0.15) is 4.31 Å². The molecule has 3 rings (SSSR count). The van der Waals surface area contributed by atoms with Crippen LogP contribution in [0.4, 0.5) is 4.39 Å². The van der Waals surface area contributed by atoms with Gasteiger partial charge in [-0.25, -0.2) is 12.8 Å². The number of hydrogen-bond donors (Lipinski definition) is 0. The van der Waals surface area contributed by atoms with Gasteiger partial charge < -0.3 is 9.64 Å². The fourth-order valence-corrected chi connectivity index (χ4v) is 5.14. The van der Waals surface area contributed by atoms with Crippen LogP contribution >= 0.6 is 0 Å². The standard InChI is InChI=1S/C21H25FN2O4S/c1-3-23(15-16-7-6-8-18(22)13-16)21(25)17-9-10-19(28-2)20(14-17)29(26,27)24-11-4-5-12-24/h6-10,13-14H,3-5,11-12,15H2,1-2H3. The minimum Gasteiger partial charge on any atom is -0.495 e. The molecule has 0 radical (unpaired) electrons. The van der Waals surface area contributed by atoms with E-state index in [0.29, 0.717) is 25.2 Å². The van der Waals surface area contributed by atoms with Gasteiger partial charge in [0.1, 0.15) is 16.5 Å². The third-order valence-corrected chi connectivity index (χ3v) is 6.94. The number of carbonyl (C=O) groups is 1. The largest absolute Gasteiger partial charge is 0.495 e. The highest BCUT2D eigenvalue weighted by molar-refractivity contribution is 7.89. The fourth-order valence-electron chi connectivity index (χ4n) is 3.44. The van der Waals surface area contributed by atoms with E-state index in [9.17, 15) is 17.6 Å².